The Balaban J connectivity index is 2.69. The average molecular weight is 211 g/mol. The summed E-state index contributed by atoms with van der Waals surface area (Å²) >= 11 is 4.00. The Kier molecular flexibility index (Phi) is 2.05. The molecule has 1 aromatic rings. The Morgan fingerprint density at radius 3 is 2.69 bits per heavy atom. The third-order valence-electron chi connectivity index (χ3n) is 1.82. The van der Waals surface area contributed by atoms with E-state index in [-0.39, 0.29) is 11.8 Å². The highest BCUT2D eigenvalue weighted by atomic mass is 33.1. The third kappa shape index (κ3) is 1.24. The molecule has 0 fully saturated rings. The van der Waals surface area contributed by atoms with Crippen LogP contribution >= 0.6 is 22.5 Å². The lowest BCUT2D eigenvalue weighted by Crippen LogP contribution is -2.20. The van der Waals surface area contributed by atoms with E-state index in [2.05, 4.69) is 17.0 Å². The van der Waals surface area contributed by atoms with Gasteiger partial charge in [-0.05, 0) is 12.1 Å². The maximum atomic E-state index is 11.3. The van der Waals surface area contributed by atoms with Gasteiger partial charge >= 0.3 is 0 Å². The summed E-state index contributed by atoms with van der Waals surface area (Å²) in [6, 6.07) is 5.12. The topological polar surface area (TPSA) is 46.2 Å². The van der Waals surface area contributed by atoms with Crippen LogP contribution in [0.4, 0.5) is 0 Å². The second-order valence-electron chi connectivity index (χ2n) is 2.55. The summed E-state index contributed by atoms with van der Waals surface area (Å²) < 4.78 is 0. The Morgan fingerprint density at radius 1 is 1.23 bits per heavy atom. The molecule has 5 heteroatoms. The number of imide groups is 1. The molecule has 1 aliphatic rings. The monoisotopic (exact) mass is 211 g/mol. The lowest BCUT2D eigenvalue weighted by atomic mass is 10.1. The van der Waals surface area contributed by atoms with Crippen LogP contribution in [0.5, 0.6) is 0 Å². The molecule has 0 saturated carbocycles. The molecule has 1 aliphatic heterocycles. The second kappa shape index (κ2) is 3.08. The van der Waals surface area contributed by atoms with Crippen LogP contribution in [0.15, 0.2) is 23.1 Å². The molecule has 0 bridgehead atoms. The molecule has 0 aliphatic carbocycles. The minimum absolute atomic E-state index is 0.329. The van der Waals surface area contributed by atoms with Gasteiger partial charge in [0.2, 0.25) is 0 Å². The summed E-state index contributed by atoms with van der Waals surface area (Å²) in [6.07, 6.45) is 0. The molecule has 3 nitrogen and oxygen atoms in total. The number of thiol groups is 1. The molecule has 66 valence electrons. The van der Waals surface area contributed by atoms with E-state index >= 15 is 0 Å². The summed E-state index contributed by atoms with van der Waals surface area (Å²) in [5, 5.41) is 2.23. The summed E-state index contributed by atoms with van der Waals surface area (Å²) in [6.45, 7) is 0. The van der Waals surface area contributed by atoms with E-state index in [1.54, 1.807) is 18.2 Å². The molecule has 1 N–H and O–H groups in total. The van der Waals surface area contributed by atoms with Crippen molar-refractivity contribution in [3.63, 3.8) is 0 Å². The molecule has 0 saturated heterocycles. The van der Waals surface area contributed by atoms with Crippen molar-refractivity contribution < 1.29 is 9.59 Å². The van der Waals surface area contributed by atoms with Crippen molar-refractivity contribution in [3.8, 4) is 0 Å². The largest absolute Gasteiger partial charge is 0.288 e. The first-order valence-corrected chi connectivity index (χ1v) is 5.41. The quantitative estimate of drug-likeness (QED) is 0.420. The lowest BCUT2D eigenvalue weighted by Gasteiger charge is -1.99. The van der Waals surface area contributed by atoms with Gasteiger partial charge in [-0.3, -0.25) is 14.9 Å². The normalized spacial score (nSPS) is 14.2. The van der Waals surface area contributed by atoms with E-state index in [9.17, 15) is 9.59 Å². The maximum Gasteiger partial charge on any atom is 0.260 e. The average Bonchev–Trinajstić information content (AvgIpc) is 2.43. The molecule has 0 atom stereocenters. The van der Waals surface area contributed by atoms with Gasteiger partial charge in [0, 0.05) is 4.90 Å². The predicted molar refractivity (Wildman–Crippen MR) is 53.1 cm³/mol. The molecule has 0 radical (unpaired) electrons. The fourth-order valence-electron chi connectivity index (χ4n) is 1.26. The highest BCUT2D eigenvalue weighted by Gasteiger charge is 2.28. The van der Waals surface area contributed by atoms with Gasteiger partial charge < -0.3 is 0 Å². The molecule has 2 amide bonds. The van der Waals surface area contributed by atoms with Crippen LogP contribution in [0.25, 0.3) is 0 Å². The molecule has 0 spiro atoms. The fourth-order valence-corrected chi connectivity index (χ4v) is 2.15. The molecular formula is C8H5NO2S2. The minimum atomic E-state index is -0.336. The molecule has 2 rings (SSSR count). The van der Waals surface area contributed by atoms with Crippen molar-refractivity contribution in [2.75, 3.05) is 0 Å². The Labute approximate surface area is 83.7 Å². The summed E-state index contributed by atoms with van der Waals surface area (Å²) in [4.78, 5) is 23.2. The van der Waals surface area contributed by atoms with E-state index in [0.717, 1.165) is 10.8 Å². The van der Waals surface area contributed by atoms with Crippen molar-refractivity contribution in [1.82, 2.24) is 5.32 Å². The number of amides is 2. The van der Waals surface area contributed by atoms with E-state index in [1.807, 2.05) is 0 Å². The third-order valence-corrected chi connectivity index (χ3v) is 2.95. The smallest absolute Gasteiger partial charge is 0.260 e. The highest BCUT2D eigenvalue weighted by molar-refractivity contribution is 8.68. The second-order valence-corrected chi connectivity index (χ2v) is 3.72. The van der Waals surface area contributed by atoms with Crippen molar-refractivity contribution in [1.29, 1.82) is 0 Å². The van der Waals surface area contributed by atoms with Crippen LogP contribution in [-0.2, 0) is 0 Å². The molecule has 1 heterocycles. The highest BCUT2D eigenvalue weighted by Crippen LogP contribution is 2.30. The number of hydrogen-bond acceptors (Lipinski definition) is 4. The Bertz CT molecular complexity index is 403. The number of nitrogens with one attached hydrogen (secondary N) is 1. The number of carbonyl (C=O) groups is 2. The standard InChI is InChI=1S/C8H5NO2S2/c10-7-4-2-1-3-5(13-12)6(4)8(11)9-7/h1-3,12H,(H,9,10,11). The van der Waals surface area contributed by atoms with Gasteiger partial charge in [-0.15, -0.1) is 11.7 Å². The molecule has 13 heavy (non-hydrogen) atoms. The first-order chi connectivity index (χ1) is 6.24. The molecule has 0 unspecified atom stereocenters. The zero-order valence-electron chi connectivity index (χ0n) is 6.40. The van der Waals surface area contributed by atoms with E-state index in [4.69, 9.17) is 0 Å². The van der Waals surface area contributed by atoms with Gasteiger partial charge in [-0.25, -0.2) is 0 Å². The number of carbonyl (C=O) groups excluding carboxylic acids is 2. The molecule has 1 aromatic carbocycles. The summed E-state index contributed by atoms with van der Waals surface area (Å²) in [7, 11) is 1.16. The van der Waals surface area contributed by atoms with Gasteiger partial charge in [-0.2, -0.15) is 0 Å². The number of hydrogen-bond donors (Lipinski definition) is 2. The first kappa shape index (κ1) is 8.65. The van der Waals surface area contributed by atoms with E-state index < -0.39 is 0 Å². The first-order valence-electron chi connectivity index (χ1n) is 3.54. The minimum Gasteiger partial charge on any atom is -0.288 e. The van der Waals surface area contributed by atoms with Gasteiger partial charge in [-0.1, -0.05) is 16.9 Å². The fraction of sp³-hybridized carbons (Fsp3) is 0. The SMILES string of the molecule is O=C1NC(=O)c2c(SS)cccc21. The van der Waals surface area contributed by atoms with E-state index in [0.29, 0.717) is 16.0 Å². The van der Waals surface area contributed by atoms with Gasteiger partial charge in [0.1, 0.15) is 0 Å². The molecule has 0 aromatic heterocycles. The van der Waals surface area contributed by atoms with Gasteiger partial charge in [0.25, 0.3) is 11.8 Å². The van der Waals surface area contributed by atoms with Crippen molar-refractivity contribution in [3.05, 3.63) is 29.3 Å². The Hall–Kier alpha value is -0.940. The Morgan fingerprint density at radius 2 is 2.00 bits per heavy atom. The van der Waals surface area contributed by atoms with Crippen LogP contribution in [0.2, 0.25) is 0 Å². The zero-order chi connectivity index (χ0) is 9.42. The van der Waals surface area contributed by atoms with Gasteiger partial charge in [0.05, 0.1) is 11.1 Å². The van der Waals surface area contributed by atoms with E-state index in [1.165, 1.54) is 0 Å². The van der Waals surface area contributed by atoms with Crippen molar-refractivity contribution >= 4 is 34.3 Å². The number of benzene rings is 1. The van der Waals surface area contributed by atoms with Crippen LogP contribution in [0.1, 0.15) is 20.7 Å². The number of rotatable bonds is 1. The predicted octanol–water partition coefficient (Wildman–Crippen LogP) is 1.51. The lowest BCUT2D eigenvalue weighted by molar-refractivity contribution is 0.0879. The van der Waals surface area contributed by atoms with Crippen molar-refractivity contribution in [2.45, 2.75) is 4.90 Å². The van der Waals surface area contributed by atoms with Crippen molar-refractivity contribution in [2.24, 2.45) is 0 Å². The van der Waals surface area contributed by atoms with Crippen LogP contribution < -0.4 is 5.32 Å². The maximum absolute atomic E-state index is 11.3. The van der Waals surface area contributed by atoms with Crippen LogP contribution in [-0.4, -0.2) is 11.8 Å². The summed E-state index contributed by atoms with van der Waals surface area (Å²) in [5.41, 5.74) is 0.872. The summed E-state index contributed by atoms with van der Waals surface area (Å²) in [5.74, 6) is -0.665. The van der Waals surface area contributed by atoms with Crippen LogP contribution in [0, 0.1) is 0 Å². The van der Waals surface area contributed by atoms with Gasteiger partial charge in [0.15, 0.2) is 0 Å². The van der Waals surface area contributed by atoms with Crippen LogP contribution in [0.3, 0.4) is 0 Å². The number of fused-ring (bicyclic) bond motifs is 1. The molecular weight excluding hydrogens is 206 g/mol. The zero-order valence-corrected chi connectivity index (χ0v) is 8.11.